The molecule has 7 heteroatoms. The lowest BCUT2D eigenvalue weighted by molar-refractivity contribution is 0.0917. The average Bonchev–Trinajstić information content (AvgIpc) is 3.04. The Hall–Kier alpha value is -2.28. The van der Waals surface area contributed by atoms with Crippen molar-refractivity contribution in [1.82, 2.24) is 24.8 Å². The number of nitrogens with zero attached hydrogens (tertiary/aromatic N) is 4. The predicted octanol–water partition coefficient (Wildman–Crippen LogP) is 1.55. The van der Waals surface area contributed by atoms with Crippen LogP contribution in [0.4, 0.5) is 0 Å². The highest BCUT2D eigenvalue weighted by atomic mass is 16.2. The van der Waals surface area contributed by atoms with Crippen molar-refractivity contribution in [3.8, 4) is 11.4 Å². The van der Waals surface area contributed by atoms with E-state index in [9.17, 15) is 4.79 Å². The van der Waals surface area contributed by atoms with Gasteiger partial charge in [0.1, 0.15) is 0 Å². The fourth-order valence-electron chi connectivity index (χ4n) is 2.71. The van der Waals surface area contributed by atoms with E-state index in [-0.39, 0.29) is 17.8 Å². The number of hydrogen-bond donors (Lipinski definition) is 2. The van der Waals surface area contributed by atoms with Crippen LogP contribution < -0.4 is 5.32 Å². The molecule has 0 aliphatic heterocycles. The van der Waals surface area contributed by atoms with Gasteiger partial charge >= 0.3 is 0 Å². The predicted molar refractivity (Wildman–Crippen MR) is 86.7 cm³/mol. The Labute approximate surface area is 135 Å². The largest absolute Gasteiger partial charge is 0.400 e. The van der Waals surface area contributed by atoms with Gasteiger partial charge in [-0.1, -0.05) is 19.3 Å². The van der Waals surface area contributed by atoms with Gasteiger partial charge in [-0.05, 0) is 18.9 Å². The summed E-state index contributed by atoms with van der Waals surface area (Å²) in [5.41, 5.74) is 1.57. The highest BCUT2D eigenvalue weighted by molar-refractivity contribution is 5.91. The highest BCUT2D eigenvalue weighted by Gasteiger charge is 2.18. The Bertz CT molecular complexity index is 635. The molecule has 2 N–H and O–H groups in total. The van der Waals surface area contributed by atoms with Crippen molar-refractivity contribution < 1.29 is 9.90 Å². The van der Waals surface area contributed by atoms with E-state index in [1.165, 1.54) is 19.3 Å². The number of nitrogens with one attached hydrogen (secondary N) is 1. The molecule has 2 aromatic heterocycles. The van der Waals surface area contributed by atoms with E-state index in [0.29, 0.717) is 5.69 Å². The molecule has 0 radical (unpaired) electrons. The van der Waals surface area contributed by atoms with Crippen LogP contribution >= 0.6 is 0 Å². The van der Waals surface area contributed by atoms with Crippen LogP contribution in [0.15, 0.2) is 24.8 Å². The van der Waals surface area contributed by atoms with Crippen LogP contribution in [0.1, 0.15) is 42.7 Å². The fraction of sp³-hybridized carbons (Fsp3) is 0.500. The summed E-state index contributed by atoms with van der Waals surface area (Å²) in [6.07, 6.45) is 10.8. The van der Waals surface area contributed by atoms with Crippen molar-refractivity contribution >= 4 is 5.91 Å². The maximum Gasteiger partial charge on any atom is 0.289 e. The van der Waals surface area contributed by atoms with Gasteiger partial charge in [-0.3, -0.25) is 4.79 Å². The molecule has 0 bridgehead atoms. The zero-order valence-corrected chi connectivity index (χ0v) is 13.6. The van der Waals surface area contributed by atoms with Gasteiger partial charge in [-0.15, -0.1) is 0 Å². The van der Waals surface area contributed by atoms with Gasteiger partial charge in [0.25, 0.3) is 5.91 Å². The molecule has 2 heterocycles. The molecule has 3 rings (SSSR count). The fourth-order valence-corrected chi connectivity index (χ4v) is 2.71. The van der Waals surface area contributed by atoms with Crippen molar-refractivity contribution in [2.24, 2.45) is 7.05 Å². The van der Waals surface area contributed by atoms with Crippen LogP contribution in [0.3, 0.4) is 0 Å². The smallest absolute Gasteiger partial charge is 0.289 e. The van der Waals surface area contributed by atoms with Gasteiger partial charge in [-0.2, -0.15) is 0 Å². The second kappa shape index (κ2) is 8.38. The Morgan fingerprint density at radius 1 is 1.30 bits per heavy atom. The van der Waals surface area contributed by atoms with E-state index in [1.54, 1.807) is 24.8 Å². The third-order valence-corrected chi connectivity index (χ3v) is 3.88. The van der Waals surface area contributed by atoms with Gasteiger partial charge in [-0.25, -0.2) is 15.0 Å². The monoisotopic (exact) mass is 317 g/mol. The highest BCUT2D eigenvalue weighted by Crippen LogP contribution is 2.18. The molecule has 0 atom stereocenters. The Kier molecular flexibility index (Phi) is 6.22. The maximum absolute atomic E-state index is 12.3. The topological polar surface area (TPSA) is 92.9 Å². The summed E-state index contributed by atoms with van der Waals surface area (Å²) in [6, 6.07) is 2.05. The molecular weight excluding hydrogens is 294 g/mol. The van der Waals surface area contributed by atoms with Crippen molar-refractivity contribution in [3.05, 3.63) is 30.6 Å². The Morgan fingerprint density at radius 2 is 2.04 bits per heavy atom. The molecular formula is C16H23N5O2. The van der Waals surface area contributed by atoms with Crippen LogP contribution in [0.5, 0.6) is 0 Å². The summed E-state index contributed by atoms with van der Waals surface area (Å²) < 4.78 is 1.87. The van der Waals surface area contributed by atoms with Crippen LogP contribution in [0.2, 0.25) is 0 Å². The molecule has 1 aliphatic carbocycles. The molecule has 1 saturated carbocycles. The molecule has 1 aliphatic rings. The number of aliphatic hydroxyl groups is 1. The zero-order valence-electron chi connectivity index (χ0n) is 13.6. The molecule has 1 fully saturated rings. The summed E-state index contributed by atoms with van der Waals surface area (Å²) in [5, 5.41) is 10.0. The number of carbonyl (C=O) groups is 1. The van der Waals surface area contributed by atoms with E-state index >= 15 is 0 Å². The number of hydrogen-bond acceptors (Lipinski definition) is 5. The Balaban J connectivity index is 0.000000924. The third kappa shape index (κ3) is 4.35. The zero-order chi connectivity index (χ0) is 16.7. The number of imidazole rings is 1. The molecule has 7 nitrogen and oxygen atoms in total. The number of aryl methyl sites for hydroxylation is 1. The third-order valence-electron chi connectivity index (χ3n) is 3.88. The maximum atomic E-state index is 12.3. The summed E-state index contributed by atoms with van der Waals surface area (Å²) >= 11 is 0. The van der Waals surface area contributed by atoms with E-state index < -0.39 is 0 Å². The number of aromatic nitrogens is 4. The first-order chi connectivity index (χ1) is 11.2. The molecule has 1 amide bonds. The number of aliphatic hydroxyl groups excluding tert-OH is 1. The van der Waals surface area contributed by atoms with E-state index in [2.05, 4.69) is 20.3 Å². The lowest BCUT2D eigenvalue weighted by Crippen LogP contribution is -2.37. The SMILES string of the molecule is CO.Cn1cncc1-c1ccnc(C(=O)NC2CCCCC2)n1. The first kappa shape index (κ1) is 17.1. The number of carbonyl (C=O) groups excluding carboxylic acids is 1. The van der Waals surface area contributed by atoms with Gasteiger partial charge in [0.05, 0.1) is 23.9 Å². The second-order valence-electron chi connectivity index (χ2n) is 5.46. The molecule has 0 aromatic carbocycles. The molecule has 124 valence electrons. The molecule has 0 saturated heterocycles. The van der Waals surface area contributed by atoms with Crippen LogP contribution in [-0.2, 0) is 7.05 Å². The standard InChI is InChI=1S/C15H19N5O.CH4O/c1-20-10-16-9-13(20)12-7-8-17-14(19-12)15(21)18-11-5-3-2-4-6-11;1-2/h7-11H,2-6H2,1H3,(H,18,21);2H,1H3. The van der Waals surface area contributed by atoms with Gasteiger partial charge in [0.15, 0.2) is 0 Å². The van der Waals surface area contributed by atoms with Crippen LogP contribution in [0, 0.1) is 0 Å². The van der Waals surface area contributed by atoms with E-state index in [1.807, 2.05) is 11.6 Å². The van der Waals surface area contributed by atoms with Crippen molar-refractivity contribution in [2.75, 3.05) is 7.11 Å². The summed E-state index contributed by atoms with van der Waals surface area (Å²) in [5.74, 6) is 0.0326. The van der Waals surface area contributed by atoms with Gasteiger partial charge < -0.3 is 15.0 Å². The first-order valence-electron chi connectivity index (χ1n) is 7.79. The second-order valence-corrected chi connectivity index (χ2v) is 5.46. The number of rotatable bonds is 3. The van der Waals surface area contributed by atoms with Crippen molar-refractivity contribution in [1.29, 1.82) is 0 Å². The van der Waals surface area contributed by atoms with Crippen LogP contribution in [0.25, 0.3) is 11.4 Å². The number of amides is 1. The molecule has 0 spiro atoms. The van der Waals surface area contributed by atoms with E-state index in [0.717, 1.165) is 25.6 Å². The quantitative estimate of drug-likeness (QED) is 0.896. The van der Waals surface area contributed by atoms with E-state index in [4.69, 9.17) is 5.11 Å². The first-order valence-corrected chi connectivity index (χ1v) is 7.79. The van der Waals surface area contributed by atoms with Gasteiger partial charge in [0, 0.05) is 26.4 Å². The Morgan fingerprint density at radius 3 is 2.70 bits per heavy atom. The molecule has 0 unspecified atom stereocenters. The summed E-state index contributed by atoms with van der Waals surface area (Å²) in [7, 11) is 2.90. The van der Waals surface area contributed by atoms with Crippen LogP contribution in [-0.4, -0.2) is 43.7 Å². The summed E-state index contributed by atoms with van der Waals surface area (Å²) in [6.45, 7) is 0. The van der Waals surface area contributed by atoms with Crippen molar-refractivity contribution in [2.45, 2.75) is 38.1 Å². The average molecular weight is 317 g/mol. The minimum atomic E-state index is -0.189. The lowest BCUT2D eigenvalue weighted by atomic mass is 9.95. The normalized spacial score (nSPS) is 14.7. The molecule has 23 heavy (non-hydrogen) atoms. The molecule has 2 aromatic rings. The van der Waals surface area contributed by atoms with Crippen molar-refractivity contribution in [3.63, 3.8) is 0 Å². The minimum Gasteiger partial charge on any atom is -0.400 e. The summed E-state index contributed by atoms with van der Waals surface area (Å²) in [4.78, 5) is 24.8. The van der Waals surface area contributed by atoms with Gasteiger partial charge in [0.2, 0.25) is 5.82 Å². The lowest BCUT2D eigenvalue weighted by Gasteiger charge is -2.22. The minimum absolute atomic E-state index is 0.189.